The highest BCUT2D eigenvalue weighted by atomic mass is 16.5. The molecule has 4 heteroatoms. The summed E-state index contributed by atoms with van der Waals surface area (Å²) in [5, 5.41) is 0. The monoisotopic (exact) mass is 211 g/mol. The van der Waals surface area contributed by atoms with Gasteiger partial charge in [-0.2, -0.15) is 0 Å². The molecule has 1 aliphatic heterocycles. The minimum absolute atomic E-state index is 0.0253. The number of amides is 1. The van der Waals surface area contributed by atoms with E-state index < -0.39 is 0 Å². The lowest BCUT2D eigenvalue weighted by Gasteiger charge is -2.37. The van der Waals surface area contributed by atoms with E-state index in [0.717, 1.165) is 19.3 Å². The van der Waals surface area contributed by atoms with Crippen molar-refractivity contribution in [1.29, 1.82) is 0 Å². The van der Waals surface area contributed by atoms with Gasteiger partial charge >= 0.3 is 0 Å². The van der Waals surface area contributed by atoms with E-state index in [2.05, 4.69) is 0 Å². The van der Waals surface area contributed by atoms with Gasteiger partial charge in [0.15, 0.2) is 0 Å². The van der Waals surface area contributed by atoms with Crippen LogP contribution < -0.4 is 0 Å². The Bertz CT molecular complexity index is 277. The van der Waals surface area contributed by atoms with E-state index in [1.54, 1.807) is 0 Å². The number of carbonyl (C=O) groups is 2. The predicted molar refractivity (Wildman–Crippen MR) is 54.4 cm³/mol. The number of carbonyl (C=O) groups excluding carboxylic acids is 2. The van der Waals surface area contributed by atoms with Crippen LogP contribution in [0.25, 0.3) is 0 Å². The molecule has 1 heterocycles. The van der Waals surface area contributed by atoms with Gasteiger partial charge in [0.25, 0.3) is 0 Å². The Kier molecular flexibility index (Phi) is 3.05. The van der Waals surface area contributed by atoms with Crippen LogP contribution in [0.2, 0.25) is 0 Å². The molecule has 2 aliphatic rings. The van der Waals surface area contributed by atoms with Crippen LogP contribution in [-0.2, 0) is 14.3 Å². The van der Waals surface area contributed by atoms with Gasteiger partial charge in [-0.25, -0.2) is 0 Å². The van der Waals surface area contributed by atoms with Gasteiger partial charge < -0.3 is 9.64 Å². The molecule has 0 N–H and O–H groups in total. The number of hydrogen-bond donors (Lipinski definition) is 0. The summed E-state index contributed by atoms with van der Waals surface area (Å²) in [4.78, 5) is 24.6. The zero-order chi connectivity index (χ0) is 10.8. The number of morpholine rings is 1. The SMILES string of the molecule is CC(=O)CC(=O)N1CCOC2CCCC21. The van der Waals surface area contributed by atoms with Gasteiger partial charge in [0, 0.05) is 6.54 Å². The summed E-state index contributed by atoms with van der Waals surface area (Å²) in [6.45, 7) is 2.72. The Morgan fingerprint density at radius 3 is 2.93 bits per heavy atom. The maximum atomic E-state index is 11.8. The van der Waals surface area contributed by atoms with Crippen molar-refractivity contribution in [3.05, 3.63) is 0 Å². The van der Waals surface area contributed by atoms with E-state index in [1.165, 1.54) is 6.92 Å². The van der Waals surface area contributed by atoms with Crippen molar-refractivity contribution in [2.75, 3.05) is 13.2 Å². The number of ether oxygens (including phenoxy) is 1. The van der Waals surface area contributed by atoms with Crippen molar-refractivity contribution in [2.24, 2.45) is 0 Å². The summed E-state index contributed by atoms with van der Waals surface area (Å²) in [5.74, 6) is -0.0799. The number of hydrogen-bond acceptors (Lipinski definition) is 3. The van der Waals surface area contributed by atoms with Crippen molar-refractivity contribution < 1.29 is 14.3 Å². The van der Waals surface area contributed by atoms with Crippen LogP contribution in [0, 0.1) is 0 Å². The molecule has 0 aromatic heterocycles. The summed E-state index contributed by atoms with van der Waals surface area (Å²) in [7, 11) is 0. The summed E-state index contributed by atoms with van der Waals surface area (Å²) in [6, 6.07) is 0.227. The number of rotatable bonds is 2. The van der Waals surface area contributed by atoms with Crippen molar-refractivity contribution in [2.45, 2.75) is 44.8 Å². The highest BCUT2D eigenvalue weighted by Gasteiger charge is 2.38. The van der Waals surface area contributed by atoms with Crippen molar-refractivity contribution in [3.8, 4) is 0 Å². The Morgan fingerprint density at radius 1 is 1.40 bits per heavy atom. The number of nitrogens with zero attached hydrogens (tertiary/aromatic N) is 1. The van der Waals surface area contributed by atoms with Crippen molar-refractivity contribution in [1.82, 2.24) is 4.90 Å². The quantitative estimate of drug-likeness (QED) is 0.633. The highest BCUT2D eigenvalue weighted by Crippen LogP contribution is 2.29. The van der Waals surface area contributed by atoms with Crippen molar-refractivity contribution in [3.63, 3.8) is 0 Å². The van der Waals surface area contributed by atoms with Crippen LogP contribution >= 0.6 is 0 Å². The molecule has 84 valence electrons. The Balaban J connectivity index is 2.00. The second-order valence-electron chi connectivity index (χ2n) is 4.37. The average molecular weight is 211 g/mol. The van der Waals surface area contributed by atoms with Gasteiger partial charge in [0.1, 0.15) is 5.78 Å². The van der Waals surface area contributed by atoms with E-state index >= 15 is 0 Å². The first-order chi connectivity index (χ1) is 7.18. The topological polar surface area (TPSA) is 46.6 Å². The zero-order valence-electron chi connectivity index (χ0n) is 9.07. The van der Waals surface area contributed by atoms with E-state index in [-0.39, 0.29) is 30.3 Å². The molecule has 1 aliphatic carbocycles. The standard InChI is InChI=1S/C11H17NO3/c1-8(13)7-11(14)12-5-6-15-10-4-2-3-9(10)12/h9-10H,2-7H2,1H3. The average Bonchev–Trinajstić information content (AvgIpc) is 2.63. The number of fused-ring (bicyclic) bond motifs is 1. The molecule has 15 heavy (non-hydrogen) atoms. The molecule has 2 unspecified atom stereocenters. The Labute approximate surface area is 89.6 Å². The summed E-state index contributed by atoms with van der Waals surface area (Å²) >= 11 is 0. The molecule has 0 radical (unpaired) electrons. The van der Waals surface area contributed by atoms with Crippen LogP contribution in [0.15, 0.2) is 0 Å². The third-order valence-corrected chi connectivity index (χ3v) is 3.20. The molecule has 2 fully saturated rings. The molecule has 0 bridgehead atoms. The van der Waals surface area contributed by atoms with Gasteiger partial charge in [-0.15, -0.1) is 0 Å². The minimum atomic E-state index is -0.0546. The molecule has 1 saturated carbocycles. The van der Waals surface area contributed by atoms with Gasteiger partial charge in [-0.1, -0.05) is 0 Å². The predicted octanol–water partition coefficient (Wildman–Crippen LogP) is 0.745. The smallest absolute Gasteiger partial charge is 0.230 e. The van der Waals surface area contributed by atoms with E-state index in [9.17, 15) is 9.59 Å². The first-order valence-corrected chi connectivity index (χ1v) is 5.59. The molecule has 1 amide bonds. The summed E-state index contributed by atoms with van der Waals surface area (Å²) in [5.41, 5.74) is 0. The third-order valence-electron chi connectivity index (χ3n) is 3.20. The second-order valence-corrected chi connectivity index (χ2v) is 4.37. The second kappa shape index (κ2) is 4.31. The van der Waals surface area contributed by atoms with Gasteiger partial charge in [0.05, 0.1) is 25.2 Å². The maximum Gasteiger partial charge on any atom is 0.230 e. The number of ketones is 1. The molecule has 4 nitrogen and oxygen atoms in total. The minimum Gasteiger partial charge on any atom is -0.374 e. The van der Waals surface area contributed by atoms with Gasteiger partial charge in [-0.05, 0) is 26.2 Å². The molecular formula is C11H17NO3. The van der Waals surface area contributed by atoms with E-state index in [0.29, 0.717) is 13.2 Å². The van der Waals surface area contributed by atoms with Gasteiger partial charge in [0.2, 0.25) is 5.91 Å². The number of Topliss-reactive ketones (excluding diaryl/α,β-unsaturated/α-hetero) is 1. The van der Waals surface area contributed by atoms with Crippen LogP contribution in [0.5, 0.6) is 0 Å². The Hall–Kier alpha value is -0.900. The lowest BCUT2D eigenvalue weighted by molar-refractivity contribution is -0.145. The fourth-order valence-corrected chi connectivity index (χ4v) is 2.55. The van der Waals surface area contributed by atoms with Crippen LogP contribution in [-0.4, -0.2) is 41.9 Å². The van der Waals surface area contributed by atoms with Crippen LogP contribution in [0.3, 0.4) is 0 Å². The normalized spacial score (nSPS) is 30.1. The zero-order valence-corrected chi connectivity index (χ0v) is 9.07. The molecule has 0 aromatic rings. The fraction of sp³-hybridized carbons (Fsp3) is 0.818. The lowest BCUT2D eigenvalue weighted by Crippen LogP contribution is -2.51. The molecule has 0 spiro atoms. The Morgan fingerprint density at radius 2 is 2.20 bits per heavy atom. The highest BCUT2D eigenvalue weighted by molar-refractivity contribution is 5.97. The van der Waals surface area contributed by atoms with Crippen LogP contribution in [0.4, 0.5) is 0 Å². The molecule has 1 saturated heterocycles. The largest absolute Gasteiger partial charge is 0.374 e. The lowest BCUT2D eigenvalue weighted by atomic mass is 10.1. The third kappa shape index (κ3) is 2.20. The van der Waals surface area contributed by atoms with E-state index in [1.807, 2.05) is 4.90 Å². The van der Waals surface area contributed by atoms with E-state index in [4.69, 9.17) is 4.74 Å². The fourth-order valence-electron chi connectivity index (χ4n) is 2.55. The maximum absolute atomic E-state index is 11.8. The molecule has 0 aromatic carbocycles. The van der Waals surface area contributed by atoms with Crippen molar-refractivity contribution >= 4 is 11.7 Å². The molecular weight excluding hydrogens is 194 g/mol. The molecule has 2 rings (SSSR count). The first-order valence-electron chi connectivity index (χ1n) is 5.59. The first kappa shape index (κ1) is 10.6. The summed E-state index contributed by atoms with van der Waals surface area (Å²) in [6.07, 6.45) is 3.46. The summed E-state index contributed by atoms with van der Waals surface area (Å²) < 4.78 is 5.61. The van der Waals surface area contributed by atoms with Crippen LogP contribution in [0.1, 0.15) is 32.6 Å². The molecule has 2 atom stereocenters. The van der Waals surface area contributed by atoms with Gasteiger partial charge in [-0.3, -0.25) is 9.59 Å².